The normalized spacial score (nSPS) is 16.8. The lowest BCUT2D eigenvalue weighted by Gasteiger charge is -2.27. The lowest BCUT2D eigenvalue weighted by Crippen LogP contribution is -2.33. The van der Waals surface area contributed by atoms with E-state index in [0.717, 1.165) is 16.3 Å². The van der Waals surface area contributed by atoms with Gasteiger partial charge >= 0.3 is 0 Å². The van der Waals surface area contributed by atoms with Crippen LogP contribution >= 0.6 is 23.4 Å². The van der Waals surface area contributed by atoms with Crippen LogP contribution in [0.25, 0.3) is 0 Å². The van der Waals surface area contributed by atoms with Gasteiger partial charge in [-0.1, -0.05) is 17.7 Å². The summed E-state index contributed by atoms with van der Waals surface area (Å²) in [4.78, 5) is 0. The minimum Gasteiger partial charge on any atom is -0.381 e. The van der Waals surface area contributed by atoms with Crippen molar-refractivity contribution in [2.45, 2.75) is 13.0 Å². The van der Waals surface area contributed by atoms with Crippen molar-refractivity contribution < 1.29 is 0 Å². The average molecular weight is 214 g/mol. The lowest BCUT2D eigenvalue weighted by atomic mass is 10.2. The Bertz CT molecular complexity index is 310. The zero-order chi connectivity index (χ0) is 9.26. The smallest absolute Gasteiger partial charge is 0.0455 e. The number of thioether (sulfide) groups is 1. The van der Waals surface area contributed by atoms with Crippen molar-refractivity contribution in [1.82, 2.24) is 0 Å². The molecule has 1 aliphatic rings. The summed E-state index contributed by atoms with van der Waals surface area (Å²) in [6.07, 6.45) is 0. The predicted molar refractivity (Wildman–Crippen MR) is 60.9 cm³/mol. The van der Waals surface area contributed by atoms with Crippen LogP contribution in [0.15, 0.2) is 18.2 Å². The molecule has 2 rings (SSSR count). The molecule has 1 aromatic carbocycles. The SMILES string of the molecule is Cc1ccc(NC2CSC2)cc1Cl. The molecule has 0 radical (unpaired) electrons. The maximum absolute atomic E-state index is 6.01. The van der Waals surface area contributed by atoms with Crippen LogP contribution in [0.3, 0.4) is 0 Å². The van der Waals surface area contributed by atoms with E-state index in [1.807, 2.05) is 24.8 Å². The van der Waals surface area contributed by atoms with Gasteiger partial charge in [-0.25, -0.2) is 0 Å². The number of hydrogen-bond acceptors (Lipinski definition) is 2. The molecule has 0 aliphatic carbocycles. The second-order valence-electron chi connectivity index (χ2n) is 3.34. The van der Waals surface area contributed by atoms with Crippen molar-refractivity contribution in [3.8, 4) is 0 Å². The van der Waals surface area contributed by atoms with Crippen molar-refractivity contribution >= 4 is 29.1 Å². The summed E-state index contributed by atoms with van der Waals surface area (Å²) in [6.45, 7) is 2.02. The standard InChI is InChI=1S/C10H12ClNS/c1-7-2-3-8(4-10(7)11)12-9-5-13-6-9/h2-4,9,12H,5-6H2,1H3. The molecule has 1 heterocycles. The summed E-state index contributed by atoms with van der Waals surface area (Å²) in [5.74, 6) is 2.43. The van der Waals surface area contributed by atoms with Gasteiger partial charge in [-0.3, -0.25) is 0 Å². The van der Waals surface area contributed by atoms with Gasteiger partial charge in [-0.15, -0.1) is 0 Å². The van der Waals surface area contributed by atoms with Crippen LogP contribution in [0.4, 0.5) is 5.69 Å². The molecular weight excluding hydrogens is 202 g/mol. The van der Waals surface area contributed by atoms with Crippen molar-refractivity contribution in [1.29, 1.82) is 0 Å². The largest absolute Gasteiger partial charge is 0.381 e. The van der Waals surface area contributed by atoms with Crippen LogP contribution in [0.5, 0.6) is 0 Å². The van der Waals surface area contributed by atoms with Gasteiger partial charge in [0.1, 0.15) is 0 Å². The van der Waals surface area contributed by atoms with E-state index in [-0.39, 0.29) is 0 Å². The third-order valence-electron chi connectivity index (χ3n) is 2.18. The molecular formula is C10H12ClNS. The van der Waals surface area contributed by atoms with Gasteiger partial charge in [0.15, 0.2) is 0 Å². The lowest BCUT2D eigenvalue weighted by molar-refractivity contribution is 0.882. The van der Waals surface area contributed by atoms with Gasteiger partial charge in [0, 0.05) is 28.3 Å². The molecule has 0 unspecified atom stereocenters. The summed E-state index contributed by atoms with van der Waals surface area (Å²) < 4.78 is 0. The van der Waals surface area contributed by atoms with E-state index in [0.29, 0.717) is 6.04 Å². The summed E-state index contributed by atoms with van der Waals surface area (Å²) in [5, 5.41) is 4.29. The third-order valence-corrected chi connectivity index (χ3v) is 3.86. The number of rotatable bonds is 2. The first kappa shape index (κ1) is 9.22. The molecule has 3 heteroatoms. The molecule has 0 spiro atoms. The summed E-state index contributed by atoms with van der Waals surface area (Å²) >= 11 is 7.99. The quantitative estimate of drug-likeness (QED) is 0.810. The maximum atomic E-state index is 6.01. The van der Waals surface area contributed by atoms with E-state index >= 15 is 0 Å². The molecule has 0 aromatic heterocycles. The first-order valence-corrected chi connectivity index (χ1v) is 5.89. The summed E-state index contributed by atoms with van der Waals surface area (Å²) in [7, 11) is 0. The highest BCUT2D eigenvalue weighted by atomic mass is 35.5. The summed E-state index contributed by atoms with van der Waals surface area (Å²) in [6, 6.07) is 6.78. The molecule has 1 fully saturated rings. The Morgan fingerprint density at radius 2 is 2.23 bits per heavy atom. The minimum absolute atomic E-state index is 0.642. The first-order valence-electron chi connectivity index (χ1n) is 4.36. The van der Waals surface area contributed by atoms with E-state index < -0.39 is 0 Å². The second kappa shape index (κ2) is 3.81. The highest BCUT2D eigenvalue weighted by molar-refractivity contribution is 8.00. The highest BCUT2D eigenvalue weighted by Gasteiger charge is 2.17. The fourth-order valence-corrected chi connectivity index (χ4v) is 2.06. The maximum Gasteiger partial charge on any atom is 0.0455 e. The van der Waals surface area contributed by atoms with E-state index in [2.05, 4.69) is 17.4 Å². The zero-order valence-electron chi connectivity index (χ0n) is 7.51. The highest BCUT2D eigenvalue weighted by Crippen LogP contribution is 2.25. The molecule has 1 nitrogen and oxygen atoms in total. The van der Waals surface area contributed by atoms with Crippen molar-refractivity contribution in [2.24, 2.45) is 0 Å². The fourth-order valence-electron chi connectivity index (χ4n) is 1.24. The molecule has 0 amide bonds. The second-order valence-corrected chi connectivity index (χ2v) is 4.82. The van der Waals surface area contributed by atoms with Crippen LogP contribution in [0, 0.1) is 6.92 Å². The molecule has 1 aromatic rings. The van der Waals surface area contributed by atoms with Crippen molar-refractivity contribution in [3.63, 3.8) is 0 Å². The Morgan fingerprint density at radius 1 is 1.46 bits per heavy atom. The van der Waals surface area contributed by atoms with E-state index in [9.17, 15) is 0 Å². The van der Waals surface area contributed by atoms with Gasteiger partial charge < -0.3 is 5.32 Å². The number of halogens is 1. The Morgan fingerprint density at radius 3 is 2.77 bits per heavy atom. The van der Waals surface area contributed by atoms with Gasteiger partial charge in [-0.2, -0.15) is 11.8 Å². The third kappa shape index (κ3) is 2.12. The molecule has 0 bridgehead atoms. The number of aryl methyl sites for hydroxylation is 1. The van der Waals surface area contributed by atoms with Gasteiger partial charge in [0.05, 0.1) is 0 Å². The molecule has 0 atom stereocenters. The van der Waals surface area contributed by atoms with Gasteiger partial charge in [0.25, 0.3) is 0 Å². The number of anilines is 1. The van der Waals surface area contributed by atoms with Crippen LogP contribution in [-0.2, 0) is 0 Å². The molecule has 70 valence electrons. The minimum atomic E-state index is 0.642. The van der Waals surface area contributed by atoms with Crippen LogP contribution in [0.2, 0.25) is 5.02 Å². The fraction of sp³-hybridized carbons (Fsp3) is 0.400. The molecule has 1 aliphatic heterocycles. The Labute approximate surface area is 87.9 Å². The number of hydrogen-bond donors (Lipinski definition) is 1. The van der Waals surface area contributed by atoms with E-state index in [4.69, 9.17) is 11.6 Å². The van der Waals surface area contributed by atoms with E-state index in [1.54, 1.807) is 0 Å². The van der Waals surface area contributed by atoms with Crippen molar-refractivity contribution in [3.05, 3.63) is 28.8 Å². The van der Waals surface area contributed by atoms with E-state index in [1.165, 1.54) is 11.5 Å². The Hall–Kier alpha value is -0.340. The molecule has 1 N–H and O–H groups in total. The van der Waals surface area contributed by atoms with Crippen LogP contribution in [-0.4, -0.2) is 17.5 Å². The Balaban J connectivity index is 2.07. The number of benzene rings is 1. The van der Waals surface area contributed by atoms with Gasteiger partial charge in [-0.05, 0) is 24.6 Å². The first-order chi connectivity index (χ1) is 6.25. The topological polar surface area (TPSA) is 12.0 Å². The van der Waals surface area contributed by atoms with Crippen LogP contribution < -0.4 is 5.32 Å². The van der Waals surface area contributed by atoms with Crippen molar-refractivity contribution in [2.75, 3.05) is 16.8 Å². The van der Waals surface area contributed by atoms with Crippen LogP contribution in [0.1, 0.15) is 5.56 Å². The Kier molecular flexibility index (Phi) is 2.70. The molecule has 0 saturated carbocycles. The zero-order valence-corrected chi connectivity index (χ0v) is 9.08. The summed E-state index contributed by atoms with van der Waals surface area (Å²) in [5.41, 5.74) is 2.27. The monoisotopic (exact) mass is 213 g/mol. The van der Waals surface area contributed by atoms with Gasteiger partial charge in [0.2, 0.25) is 0 Å². The number of nitrogens with one attached hydrogen (secondary N) is 1. The predicted octanol–water partition coefficient (Wildman–Crippen LogP) is 3.18. The average Bonchev–Trinajstić information content (AvgIpc) is 2.04. The molecule has 13 heavy (non-hydrogen) atoms. The molecule has 1 saturated heterocycles.